The highest BCUT2D eigenvalue weighted by Crippen LogP contribution is 2.43. The standard InChI is InChI=1S/C58H74N10O11/c1-9-50(70)67-37(4)32-48(46-12-10-11-13-47(46)67)68(57(76)78-35-39-14-16-41(17-15-39)62-53(72)38(5)60-54(73)52(36(2)3)64-56(75)79-58(6,7)8)43-22-18-40(19-23-43)61-49(69)33-59-55(74)63-42-20-25-45(26-21-42)77-31-30-65-28-29-66-44(34-65)24-27-51(66)71/h10-23,25-26,36-38,44,48,52H,9,24,27-35H2,1-8H3,(H,60,73)(H,61,69)(H,62,72)(H,64,75)(H2,59,63,74)/t37-,38-,44-,48+,52-/m0/s1. The summed E-state index contributed by atoms with van der Waals surface area (Å²) in [4.78, 5) is 112. The van der Waals surface area contributed by atoms with Crippen LogP contribution in [0, 0.1) is 5.92 Å². The Bertz CT molecular complexity index is 2820. The first-order valence-corrected chi connectivity index (χ1v) is 26.9. The molecule has 9 amide bonds. The number of urea groups is 1. The first kappa shape index (κ1) is 58.5. The van der Waals surface area contributed by atoms with E-state index >= 15 is 0 Å². The zero-order chi connectivity index (χ0) is 57.0. The van der Waals surface area contributed by atoms with Gasteiger partial charge in [-0.3, -0.25) is 33.8 Å². The van der Waals surface area contributed by atoms with Crippen LogP contribution < -0.4 is 46.4 Å². The fourth-order valence-electron chi connectivity index (χ4n) is 9.78. The van der Waals surface area contributed by atoms with Crippen molar-refractivity contribution < 1.29 is 52.6 Å². The summed E-state index contributed by atoms with van der Waals surface area (Å²) in [5.41, 5.74) is 3.09. The summed E-state index contributed by atoms with van der Waals surface area (Å²) < 4.78 is 17.2. The average Bonchev–Trinajstić information content (AvgIpc) is 3.82. The Hall–Kier alpha value is -8.20. The number of carbonyl (C=O) groups excluding carboxylic acids is 8. The van der Waals surface area contributed by atoms with Gasteiger partial charge in [-0.05, 0) is 131 Å². The summed E-state index contributed by atoms with van der Waals surface area (Å²) >= 11 is 0. The molecule has 0 saturated carbocycles. The van der Waals surface area contributed by atoms with Crippen molar-refractivity contribution >= 4 is 76.2 Å². The van der Waals surface area contributed by atoms with Crippen molar-refractivity contribution in [1.82, 2.24) is 25.8 Å². The maximum absolute atomic E-state index is 14.4. The molecule has 2 saturated heterocycles. The van der Waals surface area contributed by atoms with E-state index in [1.54, 1.807) is 124 Å². The summed E-state index contributed by atoms with van der Waals surface area (Å²) in [5, 5.41) is 16.1. The molecule has 0 unspecified atom stereocenters. The smallest absolute Gasteiger partial charge is 0.415 e. The van der Waals surface area contributed by atoms with E-state index in [9.17, 15) is 38.4 Å². The lowest BCUT2D eigenvalue weighted by molar-refractivity contribution is -0.130. The Balaban J connectivity index is 0.932. The molecular weight excluding hydrogens is 1010 g/mol. The van der Waals surface area contributed by atoms with Crippen molar-refractivity contribution in [3.8, 4) is 5.75 Å². The second-order valence-corrected chi connectivity index (χ2v) is 21.3. The van der Waals surface area contributed by atoms with Gasteiger partial charge >= 0.3 is 18.2 Å². The molecule has 0 bridgehead atoms. The van der Waals surface area contributed by atoms with Gasteiger partial charge in [0.2, 0.25) is 29.5 Å². The monoisotopic (exact) mass is 1090 g/mol. The molecule has 0 aliphatic carbocycles. The Morgan fingerprint density at radius 3 is 2.13 bits per heavy atom. The topological polar surface area (TPSA) is 249 Å². The molecule has 21 nitrogen and oxygen atoms in total. The van der Waals surface area contributed by atoms with E-state index < -0.39 is 59.7 Å². The predicted molar refractivity (Wildman–Crippen MR) is 300 cm³/mol. The van der Waals surface area contributed by atoms with Gasteiger partial charge in [-0.2, -0.15) is 0 Å². The van der Waals surface area contributed by atoms with E-state index in [0.717, 1.165) is 38.2 Å². The zero-order valence-corrected chi connectivity index (χ0v) is 46.3. The van der Waals surface area contributed by atoms with E-state index in [4.69, 9.17) is 14.2 Å². The van der Waals surface area contributed by atoms with E-state index in [2.05, 4.69) is 36.8 Å². The van der Waals surface area contributed by atoms with Gasteiger partial charge in [0.1, 0.15) is 36.6 Å². The van der Waals surface area contributed by atoms with Crippen LogP contribution in [0.1, 0.15) is 98.2 Å². The number of carbonyl (C=O) groups is 8. The van der Waals surface area contributed by atoms with E-state index in [1.807, 2.05) is 36.1 Å². The highest BCUT2D eigenvalue weighted by atomic mass is 16.6. The third-order valence-electron chi connectivity index (χ3n) is 13.8. The van der Waals surface area contributed by atoms with Gasteiger partial charge in [-0.15, -0.1) is 0 Å². The van der Waals surface area contributed by atoms with Crippen molar-refractivity contribution in [2.24, 2.45) is 5.92 Å². The molecule has 0 radical (unpaired) electrons. The molecule has 3 heterocycles. The maximum atomic E-state index is 14.4. The third-order valence-corrected chi connectivity index (χ3v) is 13.8. The number of alkyl carbamates (subject to hydrolysis) is 1. The quantitative estimate of drug-likeness (QED) is 0.0533. The fourth-order valence-corrected chi connectivity index (χ4v) is 9.78. The maximum Gasteiger partial charge on any atom is 0.415 e. The SMILES string of the molecule is CCC(=O)N1c2ccccc2[C@H](N(C(=O)OCc2ccc(NC(=O)[C@H](C)NC(=O)[C@@H](NC(=O)OC(C)(C)C)C(C)C)cc2)c2ccc(NC(=O)CNC(=O)Nc3ccc(OCCN4CCN5C(=O)CC[C@H]5C4)cc3)cc2)C[C@@H]1C. The van der Waals surface area contributed by atoms with Gasteiger partial charge in [0.15, 0.2) is 0 Å². The number of amides is 9. The summed E-state index contributed by atoms with van der Waals surface area (Å²) in [6.45, 7) is 17.1. The minimum absolute atomic E-state index is 0.0492. The molecule has 0 aromatic heterocycles. The Morgan fingerprint density at radius 2 is 1.44 bits per heavy atom. The van der Waals surface area contributed by atoms with Crippen LogP contribution in [0.15, 0.2) is 97.1 Å². The lowest BCUT2D eigenvalue weighted by atomic mass is 9.90. The van der Waals surface area contributed by atoms with Crippen molar-refractivity contribution in [2.45, 2.75) is 123 Å². The number of anilines is 5. The van der Waals surface area contributed by atoms with Gasteiger partial charge in [-0.25, -0.2) is 14.4 Å². The lowest BCUT2D eigenvalue weighted by Gasteiger charge is -2.43. The number of para-hydroxylation sites is 1. The summed E-state index contributed by atoms with van der Waals surface area (Å²) in [6.07, 6.45) is 0.796. The van der Waals surface area contributed by atoms with Crippen LogP contribution in [0.4, 0.5) is 42.8 Å². The van der Waals surface area contributed by atoms with Gasteiger partial charge in [0, 0.05) is 79.5 Å². The Kier molecular flexibility index (Phi) is 19.6. The zero-order valence-electron chi connectivity index (χ0n) is 46.3. The van der Waals surface area contributed by atoms with Crippen LogP contribution in [0.3, 0.4) is 0 Å². The second kappa shape index (κ2) is 26.4. The number of hydrogen-bond acceptors (Lipinski definition) is 12. The Morgan fingerprint density at radius 1 is 0.785 bits per heavy atom. The molecule has 21 heteroatoms. The van der Waals surface area contributed by atoms with Crippen molar-refractivity contribution in [3.63, 3.8) is 0 Å². The van der Waals surface area contributed by atoms with Crippen LogP contribution in [-0.4, -0.2) is 127 Å². The molecule has 4 aromatic carbocycles. The minimum Gasteiger partial charge on any atom is -0.492 e. The first-order valence-electron chi connectivity index (χ1n) is 26.9. The molecule has 3 aliphatic rings. The minimum atomic E-state index is -0.963. The number of benzene rings is 4. The van der Waals surface area contributed by atoms with Crippen molar-refractivity contribution in [2.75, 3.05) is 65.1 Å². The highest BCUT2D eigenvalue weighted by molar-refractivity contribution is 6.00. The predicted octanol–water partition coefficient (Wildman–Crippen LogP) is 7.54. The van der Waals surface area contributed by atoms with Crippen LogP contribution >= 0.6 is 0 Å². The van der Waals surface area contributed by atoms with Gasteiger partial charge in [0.05, 0.1) is 12.6 Å². The van der Waals surface area contributed by atoms with Gasteiger partial charge in [-0.1, -0.05) is 51.1 Å². The molecule has 7 rings (SSSR count). The van der Waals surface area contributed by atoms with Crippen molar-refractivity contribution in [3.05, 3.63) is 108 Å². The third kappa shape index (κ3) is 16.0. The molecule has 3 aliphatic heterocycles. The van der Waals surface area contributed by atoms with Crippen molar-refractivity contribution in [1.29, 1.82) is 0 Å². The molecule has 422 valence electrons. The van der Waals surface area contributed by atoms with Gasteiger partial charge < -0.3 is 55.9 Å². The molecule has 5 atom stereocenters. The van der Waals surface area contributed by atoms with Crippen LogP contribution in [0.2, 0.25) is 0 Å². The molecular formula is C58H74N10O11. The highest BCUT2D eigenvalue weighted by Gasteiger charge is 2.39. The molecule has 4 aromatic rings. The van der Waals surface area contributed by atoms with Crippen LogP contribution in [0.25, 0.3) is 0 Å². The summed E-state index contributed by atoms with van der Waals surface area (Å²) in [7, 11) is 0. The van der Waals surface area contributed by atoms with Gasteiger partial charge in [0.25, 0.3) is 0 Å². The summed E-state index contributed by atoms with van der Waals surface area (Å²) in [6, 6.07) is 24.7. The van der Waals surface area contributed by atoms with E-state index in [1.165, 1.54) is 6.92 Å². The first-order chi connectivity index (χ1) is 37.7. The molecule has 6 N–H and O–H groups in total. The van der Waals surface area contributed by atoms with E-state index in [-0.39, 0.29) is 36.9 Å². The number of nitrogens with zero attached hydrogens (tertiary/aromatic N) is 4. The number of nitrogens with one attached hydrogen (secondary N) is 6. The number of hydrogen-bond donors (Lipinski definition) is 6. The largest absolute Gasteiger partial charge is 0.492 e. The second-order valence-electron chi connectivity index (χ2n) is 21.3. The number of ether oxygens (including phenoxy) is 3. The molecule has 2 fully saturated rings. The van der Waals surface area contributed by atoms with Crippen LogP contribution in [-0.2, 0) is 40.1 Å². The van der Waals surface area contributed by atoms with E-state index in [0.29, 0.717) is 71.7 Å². The summed E-state index contributed by atoms with van der Waals surface area (Å²) in [5.74, 6) is -0.983. The van der Waals surface area contributed by atoms with Crippen LogP contribution in [0.5, 0.6) is 5.75 Å². The Labute approximate surface area is 461 Å². The molecule has 79 heavy (non-hydrogen) atoms. The number of rotatable bonds is 19. The number of piperazine rings is 1. The number of fused-ring (bicyclic) bond motifs is 2. The fraction of sp³-hybridized carbons (Fsp3) is 0.448. The normalized spacial score (nSPS) is 17.7. The molecule has 0 spiro atoms. The average molecular weight is 1090 g/mol. The lowest BCUT2D eigenvalue weighted by Crippen LogP contribution is -2.54.